The zero-order valence-corrected chi connectivity index (χ0v) is 12.2. The molecule has 19 heavy (non-hydrogen) atoms. The van der Waals surface area contributed by atoms with Crippen LogP contribution in [-0.2, 0) is 15.4 Å². The maximum absolute atomic E-state index is 5.65. The van der Waals surface area contributed by atoms with Gasteiger partial charge >= 0.3 is 0 Å². The number of benzene rings is 1. The third-order valence-corrected chi connectivity index (χ3v) is 3.02. The zero-order chi connectivity index (χ0) is 14.4. The van der Waals surface area contributed by atoms with E-state index in [0.29, 0.717) is 0 Å². The van der Waals surface area contributed by atoms with E-state index in [0.717, 1.165) is 12.0 Å². The number of hydrogen-bond acceptors (Lipinski definition) is 2. The first-order chi connectivity index (χ1) is 8.93. The second-order valence-electron chi connectivity index (χ2n) is 5.15. The quantitative estimate of drug-likeness (QED) is 0.447. The van der Waals surface area contributed by atoms with Crippen LogP contribution in [0, 0.1) is 11.8 Å². The molecule has 0 radical (unpaired) electrons. The van der Waals surface area contributed by atoms with Gasteiger partial charge < -0.3 is 0 Å². The zero-order valence-electron chi connectivity index (χ0n) is 12.2. The van der Waals surface area contributed by atoms with Gasteiger partial charge in [0, 0.05) is 0 Å². The molecule has 0 saturated heterocycles. The average Bonchev–Trinajstić information content (AvgIpc) is 2.44. The lowest BCUT2D eigenvalue weighted by atomic mass is 9.97. The summed E-state index contributed by atoms with van der Waals surface area (Å²) in [7, 11) is 0. The van der Waals surface area contributed by atoms with Crippen LogP contribution in [0.25, 0.3) is 0 Å². The first-order valence-corrected chi connectivity index (χ1v) is 6.49. The van der Waals surface area contributed by atoms with E-state index in [9.17, 15) is 0 Å². The molecular formula is C17H22O2. The third-order valence-electron chi connectivity index (χ3n) is 3.02. The third kappa shape index (κ3) is 4.55. The Bertz CT molecular complexity index is 465. The van der Waals surface area contributed by atoms with Crippen LogP contribution >= 0.6 is 0 Å². The van der Waals surface area contributed by atoms with Crippen LogP contribution in [0.3, 0.4) is 0 Å². The van der Waals surface area contributed by atoms with Gasteiger partial charge in [0.1, 0.15) is 0 Å². The largest absolute Gasteiger partial charge is 0.229 e. The van der Waals surface area contributed by atoms with Crippen molar-refractivity contribution in [3.8, 4) is 11.8 Å². The second-order valence-corrected chi connectivity index (χ2v) is 5.15. The van der Waals surface area contributed by atoms with E-state index in [2.05, 4.69) is 25.3 Å². The maximum atomic E-state index is 5.65. The maximum Gasteiger partial charge on any atom is 0.186 e. The van der Waals surface area contributed by atoms with Crippen LogP contribution in [0.4, 0.5) is 0 Å². The topological polar surface area (TPSA) is 18.5 Å². The summed E-state index contributed by atoms with van der Waals surface area (Å²) in [4.78, 5) is 11.2. The molecule has 0 N–H and O–H groups in total. The van der Waals surface area contributed by atoms with Gasteiger partial charge in [0.25, 0.3) is 0 Å². The van der Waals surface area contributed by atoms with Crippen molar-refractivity contribution in [3.05, 3.63) is 48.6 Å². The van der Waals surface area contributed by atoms with Crippen LogP contribution in [0.5, 0.6) is 0 Å². The summed E-state index contributed by atoms with van der Waals surface area (Å²) in [6.07, 6.45) is 2.41. The van der Waals surface area contributed by atoms with Crippen LogP contribution in [0.2, 0.25) is 0 Å². The molecule has 0 aromatic heterocycles. The Balaban J connectivity index is 2.98. The van der Waals surface area contributed by atoms with Gasteiger partial charge in [0.15, 0.2) is 5.60 Å². The lowest BCUT2D eigenvalue weighted by molar-refractivity contribution is -0.396. The number of allylic oxidation sites excluding steroid dienone is 1. The van der Waals surface area contributed by atoms with Crippen molar-refractivity contribution in [3.63, 3.8) is 0 Å². The standard InChI is InChI=1S/C17H22O2/c1-6-8-14-17(5,15-12-10-9-11-13-15)19-18-16(3,4)7-2/h6,9-13H,1,7H2,2-5H3. The molecule has 0 heterocycles. The molecule has 102 valence electrons. The minimum atomic E-state index is -0.804. The van der Waals surface area contributed by atoms with E-state index in [1.54, 1.807) is 6.08 Å². The molecule has 2 nitrogen and oxygen atoms in total. The molecule has 0 bridgehead atoms. The molecular weight excluding hydrogens is 236 g/mol. The first-order valence-electron chi connectivity index (χ1n) is 6.49. The highest BCUT2D eigenvalue weighted by molar-refractivity contribution is 5.32. The highest BCUT2D eigenvalue weighted by Gasteiger charge is 2.30. The van der Waals surface area contributed by atoms with Gasteiger partial charge in [0.05, 0.1) is 5.60 Å². The van der Waals surface area contributed by atoms with Crippen molar-refractivity contribution in [1.29, 1.82) is 0 Å². The summed E-state index contributed by atoms with van der Waals surface area (Å²) in [5, 5.41) is 0. The smallest absolute Gasteiger partial charge is 0.186 e. The Morgan fingerprint density at radius 1 is 1.16 bits per heavy atom. The average molecular weight is 258 g/mol. The number of hydrogen-bond donors (Lipinski definition) is 0. The van der Waals surface area contributed by atoms with E-state index in [4.69, 9.17) is 9.78 Å². The minimum absolute atomic E-state index is 0.341. The predicted molar refractivity (Wildman–Crippen MR) is 78.3 cm³/mol. The molecule has 1 rings (SSSR count). The van der Waals surface area contributed by atoms with Gasteiger partial charge in [-0.1, -0.05) is 55.7 Å². The van der Waals surface area contributed by atoms with E-state index >= 15 is 0 Å². The molecule has 1 aromatic rings. The molecule has 2 heteroatoms. The van der Waals surface area contributed by atoms with Gasteiger partial charge in [0.2, 0.25) is 0 Å². The Labute approximate surface area is 116 Å². The van der Waals surface area contributed by atoms with Crippen LogP contribution in [-0.4, -0.2) is 5.60 Å². The van der Waals surface area contributed by atoms with Crippen LogP contribution in [0.1, 0.15) is 39.7 Å². The van der Waals surface area contributed by atoms with Crippen molar-refractivity contribution in [2.24, 2.45) is 0 Å². The van der Waals surface area contributed by atoms with Crippen molar-refractivity contribution in [1.82, 2.24) is 0 Å². The lowest BCUT2D eigenvalue weighted by Gasteiger charge is -2.29. The van der Waals surface area contributed by atoms with E-state index in [1.807, 2.05) is 51.1 Å². The van der Waals surface area contributed by atoms with Crippen molar-refractivity contribution < 1.29 is 9.78 Å². The summed E-state index contributed by atoms with van der Waals surface area (Å²) < 4.78 is 0. The van der Waals surface area contributed by atoms with Crippen molar-refractivity contribution in [2.75, 3.05) is 0 Å². The fourth-order valence-electron chi connectivity index (χ4n) is 1.34. The predicted octanol–water partition coefficient (Wildman–Crippen LogP) is 4.23. The monoisotopic (exact) mass is 258 g/mol. The molecule has 0 fully saturated rings. The van der Waals surface area contributed by atoms with E-state index < -0.39 is 5.60 Å². The summed E-state index contributed by atoms with van der Waals surface area (Å²) in [6, 6.07) is 9.82. The highest BCUT2D eigenvalue weighted by atomic mass is 17.2. The van der Waals surface area contributed by atoms with Crippen LogP contribution in [0.15, 0.2) is 43.0 Å². The fraction of sp³-hybridized carbons (Fsp3) is 0.412. The summed E-state index contributed by atoms with van der Waals surface area (Å²) in [5.41, 5.74) is -0.190. The van der Waals surface area contributed by atoms with Gasteiger partial charge in [-0.25, -0.2) is 9.78 Å². The summed E-state index contributed by atoms with van der Waals surface area (Å²) in [6.45, 7) is 11.5. The molecule has 0 saturated carbocycles. The Morgan fingerprint density at radius 2 is 1.79 bits per heavy atom. The Hall–Kier alpha value is -1.56. The van der Waals surface area contributed by atoms with E-state index in [1.165, 1.54) is 0 Å². The molecule has 0 amide bonds. The minimum Gasteiger partial charge on any atom is -0.229 e. The number of rotatable bonds is 5. The van der Waals surface area contributed by atoms with Gasteiger partial charge in [-0.05, 0) is 38.8 Å². The Kier molecular flexibility index (Phi) is 5.35. The fourth-order valence-corrected chi connectivity index (χ4v) is 1.34. The first kappa shape index (κ1) is 15.5. The normalized spacial score (nSPS) is 14.1. The molecule has 0 aliphatic carbocycles. The molecule has 1 aromatic carbocycles. The summed E-state index contributed by atoms with van der Waals surface area (Å²) in [5.74, 6) is 5.89. The van der Waals surface area contributed by atoms with Gasteiger partial charge in [-0.2, -0.15) is 0 Å². The van der Waals surface area contributed by atoms with Crippen LogP contribution < -0.4 is 0 Å². The van der Waals surface area contributed by atoms with Crippen molar-refractivity contribution >= 4 is 0 Å². The Morgan fingerprint density at radius 3 is 2.32 bits per heavy atom. The molecule has 0 aliphatic rings. The molecule has 0 aliphatic heterocycles. The highest BCUT2D eigenvalue weighted by Crippen LogP contribution is 2.28. The SMILES string of the molecule is C=CC#CC(C)(OOC(C)(C)CC)c1ccccc1. The molecule has 0 spiro atoms. The molecule has 1 unspecified atom stereocenters. The van der Waals surface area contributed by atoms with Gasteiger partial charge in [-0.3, -0.25) is 0 Å². The molecule has 1 atom stereocenters. The van der Waals surface area contributed by atoms with Gasteiger partial charge in [-0.15, -0.1) is 0 Å². The second kappa shape index (κ2) is 6.56. The van der Waals surface area contributed by atoms with E-state index in [-0.39, 0.29) is 5.60 Å². The van der Waals surface area contributed by atoms with Crippen molar-refractivity contribution in [2.45, 2.75) is 45.3 Å². The lowest BCUT2D eigenvalue weighted by Crippen LogP contribution is -2.31. The summed E-state index contributed by atoms with van der Waals surface area (Å²) >= 11 is 0.